The number of rotatable bonds is 17. The van der Waals surface area contributed by atoms with Gasteiger partial charge in [0.05, 0.1) is 19.8 Å². The Balaban J connectivity index is 3.33. The van der Waals surface area contributed by atoms with Crippen LogP contribution in [-0.2, 0) is 28.6 Å². The molecule has 0 saturated heterocycles. The number of hydrogen-bond acceptors (Lipinski definition) is 6. The van der Waals surface area contributed by atoms with Crippen LogP contribution in [0, 0.1) is 5.92 Å². The molecule has 0 aliphatic rings. The van der Waals surface area contributed by atoms with Crippen molar-refractivity contribution >= 4 is 17.5 Å². The van der Waals surface area contributed by atoms with Crippen molar-refractivity contribution in [3.8, 4) is 0 Å². The summed E-state index contributed by atoms with van der Waals surface area (Å²) in [6.07, 6.45) is 4.18. The van der Waals surface area contributed by atoms with Crippen molar-refractivity contribution in [2.24, 2.45) is 5.92 Å². The summed E-state index contributed by atoms with van der Waals surface area (Å²) in [5.74, 6) is 0.256. The fourth-order valence-electron chi connectivity index (χ4n) is 2.08. The van der Waals surface area contributed by atoms with E-state index in [0.29, 0.717) is 32.8 Å². The van der Waals surface area contributed by atoms with Crippen molar-refractivity contribution in [1.82, 2.24) is 5.32 Å². The summed E-state index contributed by atoms with van der Waals surface area (Å²) >= 11 is 0. The first-order chi connectivity index (χ1) is 12.0. The second-order valence-corrected chi connectivity index (χ2v) is 6.10. The number of ketones is 2. The largest absolute Gasteiger partial charge is 0.377 e. The Kier molecular flexibility index (Phi) is 15.3. The van der Waals surface area contributed by atoms with E-state index in [1.54, 1.807) is 6.92 Å². The quantitative estimate of drug-likeness (QED) is 0.396. The van der Waals surface area contributed by atoms with E-state index in [0.717, 1.165) is 25.7 Å². The fourth-order valence-corrected chi connectivity index (χ4v) is 2.08. The minimum atomic E-state index is -0.177. The predicted molar refractivity (Wildman–Crippen MR) is 94.5 cm³/mol. The van der Waals surface area contributed by atoms with Gasteiger partial charge < -0.3 is 19.5 Å². The lowest BCUT2D eigenvalue weighted by atomic mass is 9.99. The monoisotopic (exact) mass is 359 g/mol. The van der Waals surface area contributed by atoms with Crippen LogP contribution in [-0.4, -0.2) is 64.2 Å². The maximum Gasteiger partial charge on any atom is 0.246 e. The number of carbonyl (C=O) groups excluding carboxylic acids is 3. The van der Waals surface area contributed by atoms with Gasteiger partial charge >= 0.3 is 0 Å². The molecule has 25 heavy (non-hydrogen) atoms. The van der Waals surface area contributed by atoms with Gasteiger partial charge in [0.1, 0.15) is 19.0 Å². The van der Waals surface area contributed by atoms with E-state index < -0.39 is 0 Å². The number of ether oxygens (including phenoxy) is 3. The SMILES string of the molecule is COCC(=O)NCCOCCOCC(=O)CCCCC[C@H](C)C(C)=O. The second-order valence-electron chi connectivity index (χ2n) is 6.10. The molecule has 7 nitrogen and oxygen atoms in total. The van der Waals surface area contributed by atoms with Crippen LogP contribution in [0.15, 0.2) is 0 Å². The Bertz CT molecular complexity index is 386. The molecule has 0 radical (unpaired) electrons. The fraction of sp³-hybridized carbons (Fsp3) is 0.833. The van der Waals surface area contributed by atoms with Crippen molar-refractivity contribution in [1.29, 1.82) is 0 Å². The number of unbranched alkanes of at least 4 members (excludes halogenated alkanes) is 2. The Morgan fingerprint density at radius 3 is 2.36 bits per heavy atom. The third kappa shape index (κ3) is 15.9. The summed E-state index contributed by atoms with van der Waals surface area (Å²) in [5.41, 5.74) is 0. The summed E-state index contributed by atoms with van der Waals surface area (Å²) in [6.45, 7) is 5.27. The molecule has 1 atom stereocenters. The van der Waals surface area contributed by atoms with Gasteiger partial charge in [0.15, 0.2) is 5.78 Å². The van der Waals surface area contributed by atoms with Gasteiger partial charge in [-0.15, -0.1) is 0 Å². The molecule has 0 aliphatic carbocycles. The Morgan fingerprint density at radius 1 is 0.960 bits per heavy atom. The minimum Gasteiger partial charge on any atom is -0.377 e. The van der Waals surface area contributed by atoms with Gasteiger partial charge in [0, 0.05) is 26.0 Å². The molecule has 0 bridgehead atoms. The number of hydrogen-bond donors (Lipinski definition) is 1. The van der Waals surface area contributed by atoms with E-state index in [1.807, 2.05) is 6.92 Å². The molecule has 0 saturated carbocycles. The zero-order valence-electron chi connectivity index (χ0n) is 15.8. The molecule has 0 unspecified atom stereocenters. The number of Topliss-reactive ketones (excluding diaryl/α,β-unsaturated/α-hetero) is 2. The smallest absolute Gasteiger partial charge is 0.246 e. The molecule has 0 fully saturated rings. The van der Waals surface area contributed by atoms with E-state index in [4.69, 9.17) is 9.47 Å². The third-order valence-corrected chi connectivity index (χ3v) is 3.77. The molecule has 0 rings (SSSR count). The van der Waals surface area contributed by atoms with Crippen LogP contribution in [0.4, 0.5) is 0 Å². The van der Waals surface area contributed by atoms with Crippen molar-refractivity contribution < 1.29 is 28.6 Å². The lowest BCUT2D eigenvalue weighted by Crippen LogP contribution is -2.30. The number of methoxy groups -OCH3 is 1. The summed E-state index contributed by atoms with van der Waals surface area (Å²) in [7, 11) is 1.46. The molecule has 1 N–H and O–H groups in total. The lowest BCUT2D eigenvalue weighted by Gasteiger charge is -2.07. The van der Waals surface area contributed by atoms with Gasteiger partial charge in [-0.2, -0.15) is 0 Å². The van der Waals surface area contributed by atoms with Crippen molar-refractivity contribution in [3.63, 3.8) is 0 Å². The summed E-state index contributed by atoms with van der Waals surface area (Å²) in [6, 6.07) is 0. The molecular weight excluding hydrogens is 326 g/mol. The highest BCUT2D eigenvalue weighted by molar-refractivity contribution is 5.79. The maximum atomic E-state index is 11.6. The Labute approximate surface area is 150 Å². The zero-order chi connectivity index (χ0) is 18.9. The highest BCUT2D eigenvalue weighted by Crippen LogP contribution is 2.11. The molecule has 0 heterocycles. The van der Waals surface area contributed by atoms with Crippen LogP contribution in [0.1, 0.15) is 46.0 Å². The molecule has 0 aromatic heterocycles. The standard InChI is InChI=1S/C18H33NO6/c1-15(16(2)20)7-5-4-6-8-17(21)13-25-12-11-24-10-9-19-18(22)14-23-3/h15H,4-14H2,1-3H3,(H,19,22)/t15-/m0/s1. The van der Waals surface area contributed by atoms with E-state index in [-0.39, 0.29) is 36.6 Å². The van der Waals surface area contributed by atoms with Crippen LogP contribution in [0.5, 0.6) is 0 Å². The normalized spacial score (nSPS) is 12.0. The highest BCUT2D eigenvalue weighted by atomic mass is 16.5. The topological polar surface area (TPSA) is 90.9 Å². The second kappa shape index (κ2) is 16.2. The van der Waals surface area contributed by atoms with Gasteiger partial charge in [-0.05, 0) is 19.8 Å². The average molecular weight is 359 g/mol. The highest BCUT2D eigenvalue weighted by Gasteiger charge is 2.07. The third-order valence-electron chi connectivity index (χ3n) is 3.77. The van der Waals surface area contributed by atoms with E-state index in [2.05, 4.69) is 10.1 Å². The molecule has 1 amide bonds. The number of nitrogens with one attached hydrogen (secondary N) is 1. The average Bonchev–Trinajstić information content (AvgIpc) is 2.56. The summed E-state index contributed by atoms with van der Waals surface area (Å²) in [5, 5.41) is 2.64. The van der Waals surface area contributed by atoms with Crippen molar-refractivity contribution in [2.45, 2.75) is 46.0 Å². The van der Waals surface area contributed by atoms with Gasteiger partial charge in [-0.1, -0.05) is 19.8 Å². The number of carbonyl (C=O) groups is 3. The van der Waals surface area contributed by atoms with Gasteiger partial charge in [0.2, 0.25) is 5.91 Å². The molecule has 0 aromatic carbocycles. The molecule has 146 valence electrons. The number of amides is 1. The Hall–Kier alpha value is -1.31. The van der Waals surface area contributed by atoms with Gasteiger partial charge in [-0.3, -0.25) is 14.4 Å². The van der Waals surface area contributed by atoms with E-state index in [1.165, 1.54) is 7.11 Å². The zero-order valence-corrected chi connectivity index (χ0v) is 15.8. The van der Waals surface area contributed by atoms with Crippen LogP contribution >= 0.6 is 0 Å². The van der Waals surface area contributed by atoms with E-state index >= 15 is 0 Å². The molecular formula is C18H33NO6. The first-order valence-corrected chi connectivity index (χ1v) is 8.90. The molecule has 0 aliphatic heterocycles. The van der Waals surface area contributed by atoms with Crippen LogP contribution in [0.2, 0.25) is 0 Å². The first-order valence-electron chi connectivity index (χ1n) is 8.90. The van der Waals surface area contributed by atoms with Crippen LogP contribution in [0.3, 0.4) is 0 Å². The summed E-state index contributed by atoms with van der Waals surface area (Å²) < 4.78 is 15.2. The Morgan fingerprint density at radius 2 is 1.68 bits per heavy atom. The van der Waals surface area contributed by atoms with Gasteiger partial charge in [-0.25, -0.2) is 0 Å². The predicted octanol–water partition coefficient (Wildman–Crippen LogP) is 1.53. The molecule has 0 spiro atoms. The van der Waals surface area contributed by atoms with Crippen molar-refractivity contribution in [2.75, 3.05) is 46.7 Å². The van der Waals surface area contributed by atoms with Gasteiger partial charge in [0.25, 0.3) is 0 Å². The van der Waals surface area contributed by atoms with Crippen molar-refractivity contribution in [3.05, 3.63) is 0 Å². The molecule has 7 heteroatoms. The maximum absolute atomic E-state index is 11.6. The van der Waals surface area contributed by atoms with Crippen LogP contribution in [0.25, 0.3) is 0 Å². The van der Waals surface area contributed by atoms with Crippen LogP contribution < -0.4 is 5.32 Å². The lowest BCUT2D eigenvalue weighted by molar-refractivity contribution is -0.125. The first kappa shape index (κ1) is 23.7. The summed E-state index contributed by atoms with van der Waals surface area (Å²) in [4.78, 5) is 33.8. The van der Waals surface area contributed by atoms with E-state index in [9.17, 15) is 14.4 Å². The molecule has 0 aromatic rings. The minimum absolute atomic E-state index is 0.0426.